The lowest BCUT2D eigenvalue weighted by atomic mass is 10.1. The minimum absolute atomic E-state index is 0.00627. The summed E-state index contributed by atoms with van der Waals surface area (Å²) in [5.41, 5.74) is 0. The summed E-state index contributed by atoms with van der Waals surface area (Å²) < 4.78 is 39.6. The summed E-state index contributed by atoms with van der Waals surface area (Å²) in [7, 11) is 0. The molecule has 0 aromatic heterocycles. The first-order valence-electron chi connectivity index (χ1n) is 3.84. The molecule has 0 aliphatic carbocycles. The summed E-state index contributed by atoms with van der Waals surface area (Å²) in [4.78, 5) is 0. The van der Waals surface area contributed by atoms with E-state index in [2.05, 4.69) is 0 Å². The van der Waals surface area contributed by atoms with E-state index in [4.69, 9.17) is 9.84 Å². The zero-order valence-corrected chi connectivity index (χ0v) is 6.47. The topological polar surface area (TPSA) is 32.8 Å². The van der Waals surface area contributed by atoms with Crippen molar-refractivity contribution in [2.45, 2.75) is 37.6 Å². The number of aliphatic hydroxyl groups is 1. The molecule has 5 heteroatoms. The van der Waals surface area contributed by atoms with E-state index in [1.54, 1.807) is 0 Å². The van der Waals surface area contributed by atoms with Crippen LogP contribution in [0.1, 0.15) is 19.3 Å². The molecular formula is C7H11F3O2. The van der Waals surface area contributed by atoms with E-state index in [9.17, 15) is 13.2 Å². The minimum Gasteiger partial charge on any atom is -0.393 e. The predicted molar refractivity (Wildman–Crippen MR) is 35.7 cm³/mol. The lowest BCUT2D eigenvalue weighted by Crippen LogP contribution is -2.15. The number of hydrogen-bond acceptors (Lipinski definition) is 2. The first kappa shape index (κ1) is 9.80. The summed E-state index contributed by atoms with van der Waals surface area (Å²) in [6.07, 6.45) is -5.85. The number of aliphatic hydroxyl groups excluding tert-OH is 1. The van der Waals surface area contributed by atoms with Crippen LogP contribution in [0.3, 0.4) is 0 Å². The lowest BCUT2D eigenvalue weighted by molar-refractivity contribution is -0.140. The second kappa shape index (κ2) is 3.62. The van der Waals surface area contributed by atoms with Crippen LogP contribution >= 0.6 is 0 Å². The highest BCUT2D eigenvalue weighted by molar-refractivity contribution is 4.74. The van der Waals surface area contributed by atoms with Crippen LogP contribution in [-0.2, 0) is 4.74 Å². The Hall–Kier alpha value is -0.290. The molecular weight excluding hydrogens is 173 g/mol. The zero-order valence-electron chi connectivity index (χ0n) is 6.47. The normalized spacial score (nSPS) is 25.5. The summed E-state index contributed by atoms with van der Waals surface area (Å²) in [5, 5.41) is 9.04. The minimum atomic E-state index is -4.16. The van der Waals surface area contributed by atoms with Crippen molar-refractivity contribution in [1.29, 1.82) is 0 Å². The molecule has 0 saturated carbocycles. The van der Waals surface area contributed by atoms with E-state index in [0.717, 1.165) is 0 Å². The van der Waals surface area contributed by atoms with Gasteiger partial charge in [0, 0.05) is 12.8 Å². The third kappa shape index (κ3) is 4.56. The van der Waals surface area contributed by atoms with Crippen molar-refractivity contribution < 1.29 is 23.0 Å². The van der Waals surface area contributed by atoms with Gasteiger partial charge in [-0.15, -0.1) is 0 Å². The highest BCUT2D eigenvalue weighted by Gasteiger charge is 2.30. The van der Waals surface area contributed by atoms with Gasteiger partial charge in [-0.1, -0.05) is 0 Å². The number of rotatable bonds is 4. The summed E-state index contributed by atoms with van der Waals surface area (Å²) in [5.74, 6) is 0. The van der Waals surface area contributed by atoms with Gasteiger partial charge in [0.05, 0.1) is 18.8 Å². The second-order valence-electron chi connectivity index (χ2n) is 3.00. The average Bonchev–Trinajstić information content (AvgIpc) is 2.66. The maximum Gasteiger partial charge on any atom is 0.389 e. The molecule has 12 heavy (non-hydrogen) atoms. The largest absolute Gasteiger partial charge is 0.393 e. The molecule has 1 rings (SSSR count). The molecule has 2 unspecified atom stereocenters. The fraction of sp³-hybridized carbons (Fsp3) is 1.00. The van der Waals surface area contributed by atoms with E-state index in [1.807, 2.05) is 0 Å². The van der Waals surface area contributed by atoms with Crippen molar-refractivity contribution in [3.63, 3.8) is 0 Å². The van der Waals surface area contributed by atoms with Gasteiger partial charge in [0.15, 0.2) is 0 Å². The number of epoxide rings is 1. The van der Waals surface area contributed by atoms with Gasteiger partial charge in [-0.3, -0.25) is 0 Å². The Labute approximate surface area is 68.3 Å². The van der Waals surface area contributed by atoms with Gasteiger partial charge in [-0.2, -0.15) is 13.2 Å². The molecule has 0 spiro atoms. The van der Waals surface area contributed by atoms with Gasteiger partial charge in [0.2, 0.25) is 0 Å². The molecule has 2 atom stereocenters. The molecule has 0 radical (unpaired) electrons. The highest BCUT2D eigenvalue weighted by atomic mass is 19.4. The van der Waals surface area contributed by atoms with Crippen LogP contribution < -0.4 is 0 Å². The Morgan fingerprint density at radius 3 is 2.50 bits per heavy atom. The van der Waals surface area contributed by atoms with Crippen LogP contribution in [0.25, 0.3) is 0 Å². The van der Waals surface area contributed by atoms with Crippen LogP contribution in [0.4, 0.5) is 13.2 Å². The molecule has 2 nitrogen and oxygen atoms in total. The summed E-state index contributed by atoms with van der Waals surface area (Å²) >= 11 is 0. The first-order chi connectivity index (χ1) is 5.47. The van der Waals surface area contributed by atoms with Crippen molar-refractivity contribution in [3.05, 3.63) is 0 Å². The smallest absolute Gasteiger partial charge is 0.389 e. The van der Waals surface area contributed by atoms with Crippen LogP contribution in [0.2, 0.25) is 0 Å². The second-order valence-corrected chi connectivity index (χ2v) is 3.00. The van der Waals surface area contributed by atoms with Crippen molar-refractivity contribution in [2.24, 2.45) is 0 Å². The molecule has 0 amide bonds. The van der Waals surface area contributed by atoms with Crippen LogP contribution in [0.15, 0.2) is 0 Å². The number of hydrogen-bond donors (Lipinski definition) is 1. The van der Waals surface area contributed by atoms with Crippen LogP contribution in [0.5, 0.6) is 0 Å². The fourth-order valence-corrected chi connectivity index (χ4v) is 0.956. The number of alkyl halides is 3. The van der Waals surface area contributed by atoms with Gasteiger partial charge in [-0.25, -0.2) is 0 Å². The van der Waals surface area contributed by atoms with Gasteiger partial charge in [-0.05, 0) is 6.42 Å². The standard InChI is InChI=1S/C7H11F3O2/c8-7(9,10)2-1-5(11)3-6-4-12-6/h5-6,11H,1-4H2. The van der Waals surface area contributed by atoms with Gasteiger partial charge in [0.25, 0.3) is 0 Å². The maximum absolute atomic E-state index is 11.6. The summed E-state index contributed by atoms with van der Waals surface area (Å²) in [6.45, 7) is 0.572. The molecule has 1 N–H and O–H groups in total. The highest BCUT2D eigenvalue weighted by Crippen LogP contribution is 2.25. The molecule has 0 aromatic rings. The van der Waals surface area contributed by atoms with Gasteiger partial charge in [0.1, 0.15) is 0 Å². The van der Waals surface area contributed by atoms with E-state index in [0.29, 0.717) is 13.0 Å². The van der Waals surface area contributed by atoms with Gasteiger partial charge >= 0.3 is 6.18 Å². The molecule has 1 saturated heterocycles. The lowest BCUT2D eigenvalue weighted by Gasteiger charge is -2.10. The van der Waals surface area contributed by atoms with Crippen molar-refractivity contribution in [3.8, 4) is 0 Å². The molecule has 1 heterocycles. The first-order valence-corrected chi connectivity index (χ1v) is 3.84. The monoisotopic (exact) mass is 184 g/mol. The quantitative estimate of drug-likeness (QED) is 0.671. The number of ether oxygens (including phenoxy) is 1. The molecule has 72 valence electrons. The van der Waals surface area contributed by atoms with Crippen molar-refractivity contribution >= 4 is 0 Å². The van der Waals surface area contributed by atoms with Crippen molar-refractivity contribution in [1.82, 2.24) is 0 Å². The SMILES string of the molecule is OC(CCC(F)(F)F)CC1CO1. The number of halogens is 3. The molecule has 0 bridgehead atoms. The Morgan fingerprint density at radius 2 is 2.08 bits per heavy atom. The van der Waals surface area contributed by atoms with E-state index in [-0.39, 0.29) is 12.5 Å². The Kier molecular flexibility index (Phi) is 2.95. The molecule has 1 aliphatic heterocycles. The molecule has 1 aliphatic rings. The van der Waals surface area contributed by atoms with Crippen molar-refractivity contribution in [2.75, 3.05) is 6.61 Å². The van der Waals surface area contributed by atoms with E-state index < -0.39 is 18.7 Å². The van der Waals surface area contributed by atoms with E-state index in [1.165, 1.54) is 0 Å². The van der Waals surface area contributed by atoms with Crippen LogP contribution in [0, 0.1) is 0 Å². The third-order valence-corrected chi connectivity index (χ3v) is 1.70. The molecule has 0 aromatic carbocycles. The third-order valence-electron chi connectivity index (χ3n) is 1.70. The van der Waals surface area contributed by atoms with Gasteiger partial charge < -0.3 is 9.84 Å². The Bertz CT molecular complexity index is 142. The van der Waals surface area contributed by atoms with E-state index >= 15 is 0 Å². The average molecular weight is 184 g/mol. The fourth-order valence-electron chi connectivity index (χ4n) is 0.956. The summed E-state index contributed by atoms with van der Waals surface area (Å²) in [6, 6.07) is 0. The van der Waals surface area contributed by atoms with Crippen LogP contribution in [-0.4, -0.2) is 30.1 Å². The Balaban J connectivity index is 2.04. The predicted octanol–water partition coefficient (Wildman–Crippen LogP) is 1.48. The Morgan fingerprint density at radius 1 is 1.50 bits per heavy atom. The maximum atomic E-state index is 11.6. The molecule has 1 fully saturated rings. The zero-order chi connectivity index (χ0) is 9.19.